The summed E-state index contributed by atoms with van der Waals surface area (Å²) in [5.41, 5.74) is 7.68. The Kier molecular flexibility index (Phi) is 4.76. The Morgan fingerprint density at radius 3 is 2.75 bits per heavy atom. The topological polar surface area (TPSA) is 54.0 Å². The molecule has 0 aromatic heterocycles. The maximum absolute atomic E-state index is 15.2. The van der Waals surface area contributed by atoms with E-state index in [1.165, 1.54) is 5.56 Å². The molecule has 168 valence electrons. The number of benzene rings is 2. The van der Waals surface area contributed by atoms with Crippen LogP contribution >= 0.6 is 0 Å². The highest BCUT2D eigenvalue weighted by Gasteiger charge is 2.54. The van der Waals surface area contributed by atoms with Crippen molar-refractivity contribution < 1.29 is 9.50 Å². The third-order valence-electron chi connectivity index (χ3n) is 7.78. The Labute approximate surface area is 188 Å². The summed E-state index contributed by atoms with van der Waals surface area (Å²) in [5, 5.41) is 16.8. The summed E-state index contributed by atoms with van der Waals surface area (Å²) in [7, 11) is 1.94. The summed E-state index contributed by atoms with van der Waals surface area (Å²) in [6, 6.07) is 14.3. The minimum absolute atomic E-state index is 0.225. The van der Waals surface area contributed by atoms with Gasteiger partial charge in [-0.05, 0) is 41.8 Å². The van der Waals surface area contributed by atoms with Crippen LogP contribution in [-0.2, 0) is 12.0 Å². The SMILES string of the molecule is CN1C=C(c2ccc(CN3c4ccccc4C4(CCN(C5CNC5)C4)C3O)c(F)c2)CN1. The van der Waals surface area contributed by atoms with E-state index in [1.807, 2.05) is 41.4 Å². The number of hydrazine groups is 1. The molecule has 0 amide bonds. The predicted molar refractivity (Wildman–Crippen MR) is 123 cm³/mol. The van der Waals surface area contributed by atoms with E-state index in [9.17, 15) is 5.11 Å². The minimum atomic E-state index is -0.660. The molecule has 2 aromatic carbocycles. The van der Waals surface area contributed by atoms with Gasteiger partial charge in [-0.2, -0.15) is 0 Å². The van der Waals surface area contributed by atoms with Crippen molar-refractivity contribution in [2.24, 2.45) is 0 Å². The van der Waals surface area contributed by atoms with Crippen LogP contribution in [-0.4, -0.2) is 67.1 Å². The fourth-order valence-electron chi connectivity index (χ4n) is 5.79. The summed E-state index contributed by atoms with van der Waals surface area (Å²) >= 11 is 0. The second kappa shape index (κ2) is 7.56. The number of halogens is 1. The van der Waals surface area contributed by atoms with Crippen molar-refractivity contribution in [1.82, 2.24) is 20.7 Å². The van der Waals surface area contributed by atoms with E-state index in [1.54, 1.807) is 6.07 Å². The number of para-hydroxylation sites is 1. The lowest BCUT2D eigenvalue weighted by Gasteiger charge is -2.38. The van der Waals surface area contributed by atoms with E-state index in [2.05, 4.69) is 33.8 Å². The molecule has 0 saturated carbocycles. The normalized spacial score (nSPS) is 27.8. The van der Waals surface area contributed by atoms with Crippen LogP contribution in [0.15, 0.2) is 48.7 Å². The van der Waals surface area contributed by atoms with E-state index in [4.69, 9.17) is 0 Å². The molecule has 2 fully saturated rings. The highest BCUT2D eigenvalue weighted by atomic mass is 19.1. The first kappa shape index (κ1) is 20.2. The molecule has 2 saturated heterocycles. The number of nitrogens with zero attached hydrogens (tertiary/aromatic N) is 3. The molecule has 0 aliphatic carbocycles. The fourth-order valence-corrected chi connectivity index (χ4v) is 5.79. The van der Waals surface area contributed by atoms with Crippen LogP contribution in [0.5, 0.6) is 0 Å². The number of hydrogen-bond acceptors (Lipinski definition) is 6. The van der Waals surface area contributed by atoms with E-state index in [-0.39, 0.29) is 11.2 Å². The van der Waals surface area contributed by atoms with Crippen LogP contribution in [0.2, 0.25) is 0 Å². The van der Waals surface area contributed by atoms with E-state index in [0.29, 0.717) is 24.7 Å². The van der Waals surface area contributed by atoms with Gasteiger partial charge in [-0.3, -0.25) is 4.90 Å². The average molecular weight is 436 g/mol. The molecule has 1 spiro atoms. The number of nitrogens with one attached hydrogen (secondary N) is 2. The highest BCUT2D eigenvalue weighted by Crippen LogP contribution is 2.50. The molecule has 7 heteroatoms. The molecule has 4 aliphatic heterocycles. The van der Waals surface area contributed by atoms with E-state index < -0.39 is 6.23 Å². The monoisotopic (exact) mass is 435 g/mol. The standard InChI is InChI=1S/C25H30FN5O/c1-29-14-19(11-28-29)17-6-7-18(22(26)10-17)15-31-23-5-3-2-4-21(23)25(24(31)32)8-9-30(16-25)20-12-27-13-20/h2-7,10,14,20,24,27-28,32H,8-9,11-13,15-16H2,1H3. The molecule has 0 bridgehead atoms. The van der Waals surface area contributed by atoms with Gasteiger partial charge in [0, 0.05) is 63.3 Å². The Morgan fingerprint density at radius 1 is 1.19 bits per heavy atom. The summed E-state index contributed by atoms with van der Waals surface area (Å²) in [6.45, 7) is 4.95. The number of aliphatic hydroxyl groups excluding tert-OH is 1. The third kappa shape index (κ3) is 3.07. The van der Waals surface area contributed by atoms with Crippen LogP contribution in [0, 0.1) is 5.82 Å². The molecular weight excluding hydrogens is 405 g/mol. The van der Waals surface area contributed by atoms with Crippen molar-refractivity contribution >= 4 is 11.3 Å². The van der Waals surface area contributed by atoms with Gasteiger partial charge in [0.1, 0.15) is 12.0 Å². The van der Waals surface area contributed by atoms with E-state index in [0.717, 1.165) is 49.4 Å². The molecule has 2 atom stereocenters. The van der Waals surface area contributed by atoms with Gasteiger partial charge in [-0.25, -0.2) is 9.82 Å². The predicted octanol–water partition coefficient (Wildman–Crippen LogP) is 1.87. The number of rotatable bonds is 4. The largest absolute Gasteiger partial charge is 0.373 e. The van der Waals surface area contributed by atoms with Crippen LogP contribution < -0.4 is 15.6 Å². The highest BCUT2D eigenvalue weighted by molar-refractivity contribution is 5.69. The lowest BCUT2D eigenvalue weighted by atomic mass is 9.80. The van der Waals surface area contributed by atoms with Crippen molar-refractivity contribution in [2.45, 2.75) is 30.7 Å². The van der Waals surface area contributed by atoms with Crippen LogP contribution in [0.25, 0.3) is 5.57 Å². The molecule has 4 heterocycles. The van der Waals surface area contributed by atoms with Crippen molar-refractivity contribution in [1.29, 1.82) is 0 Å². The van der Waals surface area contributed by atoms with Gasteiger partial charge in [-0.1, -0.05) is 30.3 Å². The molecule has 0 radical (unpaired) electrons. The first-order valence-corrected chi connectivity index (χ1v) is 11.5. The first-order valence-electron chi connectivity index (χ1n) is 11.5. The number of anilines is 1. The summed E-state index contributed by atoms with van der Waals surface area (Å²) in [5.74, 6) is -0.225. The van der Waals surface area contributed by atoms with Gasteiger partial charge in [0.25, 0.3) is 0 Å². The van der Waals surface area contributed by atoms with Crippen molar-refractivity contribution in [3.8, 4) is 0 Å². The first-order chi connectivity index (χ1) is 15.5. The van der Waals surface area contributed by atoms with Gasteiger partial charge >= 0.3 is 0 Å². The number of likely N-dealkylation sites (tertiary alicyclic amines) is 1. The van der Waals surface area contributed by atoms with Crippen molar-refractivity contribution in [3.63, 3.8) is 0 Å². The van der Waals surface area contributed by atoms with Gasteiger partial charge in [0.05, 0.1) is 5.41 Å². The molecular formula is C25H30FN5O. The minimum Gasteiger partial charge on any atom is -0.373 e. The third-order valence-corrected chi connectivity index (χ3v) is 7.78. The second-order valence-corrected chi connectivity index (χ2v) is 9.61. The van der Waals surface area contributed by atoms with Crippen LogP contribution in [0.3, 0.4) is 0 Å². The molecule has 3 N–H and O–H groups in total. The van der Waals surface area contributed by atoms with Crippen LogP contribution in [0.1, 0.15) is 23.1 Å². The summed E-state index contributed by atoms with van der Waals surface area (Å²) in [4.78, 5) is 4.51. The zero-order valence-electron chi connectivity index (χ0n) is 18.4. The Hall–Kier alpha value is -2.45. The molecule has 6 nitrogen and oxygen atoms in total. The van der Waals surface area contributed by atoms with E-state index >= 15 is 4.39 Å². The van der Waals surface area contributed by atoms with Crippen LogP contribution in [0.4, 0.5) is 10.1 Å². The number of fused-ring (bicyclic) bond motifs is 2. The van der Waals surface area contributed by atoms with Gasteiger partial charge < -0.3 is 20.3 Å². The number of hydrogen-bond donors (Lipinski definition) is 3. The molecule has 4 aliphatic rings. The molecule has 2 unspecified atom stereocenters. The molecule has 6 rings (SSSR count). The lowest BCUT2D eigenvalue weighted by molar-refractivity contribution is 0.0816. The molecule has 32 heavy (non-hydrogen) atoms. The maximum Gasteiger partial charge on any atom is 0.138 e. The smallest absolute Gasteiger partial charge is 0.138 e. The maximum atomic E-state index is 15.2. The summed E-state index contributed by atoms with van der Waals surface area (Å²) in [6.07, 6.45) is 2.25. The molecule has 2 aromatic rings. The zero-order chi connectivity index (χ0) is 21.9. The lowest BCUT2D eigenvalue weighted by Crippen LogP contribution is -2.57. The van der Waals surface area contributed by atoms with Crippen molar-refractivity contribution in [2.75, 3.05) is 44.7 Å². The fraction of sp³-hybridized carbons (Fsp3) is 0.440. The zero-order valence-corrected chi connectivity index (χ0v) is 18.4. The quantitative estimate of drug-likeness (QED) is 0.682. The Balaban J connectivity index is 1.28. The Bertz CT molecular complexity index is 1070. The average Bonchev–Trinajstić information content (AvgIpc) is 3.43. The van der Waals surface area contributed by atoms with Crippen molar-refractivity contribution in [3.05, 3.63) is 71.2 Å². The van der Waals surface area contributed by atoms with Gasteiger partial charge in [0.2, 0.25) is 0 Å². The number of aliphatic hydroxyl groups is 1. The van der Waals surface area contributed by atoms with Gasteiger partial charge in [0.15, 0.2) is 0 Å². The second-order valence-electron chi connectivity index (χ2n) is 9.61. The van der Waals surface area contributed by atoms with Gasteiger partial charge in [-0.15, -0.1) is 0 Å². The Morgan fingerprint density at radius 2 is 2.03 bits per heavy atom. The summed E-state index contributed by atoms with van der Waals surface area (Å²) < 4.78 is 15.2.